The Labute approximate surface area is 174 Å². The van der Waals surface area contributed by atoms with Crippen molar-refractivity contribution in [1.82, 2.24) is 19.7 Å². The van der Waals surface area contributed by atoms with Crippen LogP contribution in [-0.4, -0.2) is 43.9 Å². The Morgan fingerprint density at radius 3 is 2.71 bits per heavy atom. The maximum atomic E-state index is 14.3. The molecule has 4 rings (SSSR count). The minimum Gasteiger partial charge on any atom is -0.494 e. The minimum absolute atomic E-state index is 0.0104. The summed E-state index contributed by atoms with van der Waals surface area (Å²) in [5, 5.41) is 16.3. The average molecular weight is 432 g/mol. The standard InChI is InChI=1S/C21H19F3N4O3/c1-10(2)18-13(8-21(23,24)20(29)30)17-15(6-11-9-25-27-19(11)26-17)28(18)12-4-5-14(22)16(7-12)31-3/h4-7,9-10H,8H2,1-3H3,(H,29,30)(H,25,26,27). The second kappa shape index (κ2) is 7.29. The molecule has 10 heteroatoms. The fourth-order valence-corrected chi connectivity index (χ4v) is 3.79. The van der Waals surface area contributed by atoms with E-state index in [1.807, 2.05) is 0 Å². The first-order valence-electron chi connectivity index (χ1n) is 9.46. The Morgan fingerprint density at radius 2 is 2.06 bits per heavy atom. The summed E-state index contributed by atoms with van der Waals surface area (Å²) in [5.74, 6) is -7.06. The van der Waals surface area contributed by atoms with Crippen LogP contribution in [0.2, 0.25) is 0 Å². The van der Waals surface area contributed by atoms with Crippen molar-refractivity contribution < 1.29 is 27.8 Å². The maximum Gasteiger partial charge on any atom is 0.374 e. The predicted molar refractivity (Wildman–Crippen MR) is 108 cm³/mol. The van der Waals surface area contributed by atoms with E-state index < -0.39 is 24.1 Å². The highest BCUT2D eigenvalue weighted by molar-refractivity contribution is 5.94. The molecule has 0 saturated heterocycles. The van der Waals surface area contributed by atoms with Gasteiger partial charge in [0.05, 0.1) is 30.8 Å². The number of aliphatic carboxylic acids is 1. The zero-order valence-electron chi connectivity index (χ0n) is 16.9. The minimum atomic E-state index is -3.99. The molecule has 0 saturated carbocycles. The summed E-state index contributed by atoms with van der Waals surface area (Å²) in [5.41, 5.74) is 2.13. The van der Waals surface area contributed by atoms with Gasteiger partial charge in [0.2, 0.25) is 0 Å². The number of H-pyrrole nitrogens is 1. The number of nitrogens with zero attached hydrogens (tertiary/aromatic N) is 3. The second-order valence-corrected chi connectivity index (χ2v) is 7.52. The molecule has 1 aromatic carbocycles. The number of rotatable bonds is 6. The molecule has 0 spiro atoms. The van der Waals surface area contributed by atoms with Gasteiger partial charge in [-0.1, -0.05) is 13.8 Å². The van der Waals surface area contributed by atoms with Gasteiger partial charge in [0.25, 0.3) is 0 Å². The Morgan fingerprint density at radius 1 is 1.32 bits per heavy atom. The molecule has 31 heavy (non-hydrogen) atoms. The van der Waals surface area contributed by atoms with E-state index in [2.05, 4.69) is 15.2 Å². The molecule has 7 nitrogen and oxygen atoms in total. The van der Waals surface area contributed by atoms with E-state index in [0.717, 1.165) is 0 Å². The van der Waals surface area contributed by atoms with Crippen molar-refractivity contribution in [3.63, 3.8) is 0 Å². The number of carboxylic acid groups (broad SMARTS) is 1. The van der Waals surface area contributed by atoms with E-state index in [9.17, 15) is 18.0 Å². The van der Waals surface area contributed by atoms with E-state index in [-0.39, 0.29) is 22.7 Å². The SMILES string of the molecule is COc1cc(-n2c(C(C)C)c(CC(F)(F)C(=O)O)c3nc4[nH]ncc4cc32)ccc1F. The molecule has 0 amide bonds. The topological polar surface area (TPSA) is 93.0 Å². The van der Waals surface area contributed by atoms with E-state index in [1.165, 1.54) is 25.3 Å². The van der Waals surface area contributed by atoms with Crippen molar-refractivity contribution in [3.05, 3.63) is 47.5 Å². The number of carboxylic acids is 1. The number of hydrogen-bond donors (Lipinski definition) is 2. The Balaban J connectivity index is 2.11. The first kappa shape index (κ1) is 20.7. The summed E-state index contributed by atoms with van der Waals surface area (Å²) in [6.07, 6.45) is 0.509. The lowest BCUT2D eigenvalue weighted by Crippen LogP contribution is -2.31. The van der Waals surface area contributed by atoms with Crippen LogP contribution in [0.15, 0.2) is 30.5 Å². The highest BCUT2D eigenvalue weighted by Gasteiger charge is 2.41. The van der Waals surface area contributed by atoms with Gasteiger partial charge in [-0.05, 0) is 24.1 Å². The number of benzene rings is 1. The molecule has 0 radical (unpaired) electrons. The number of carbonyl (C=O) groups is 1. The molecule has 0 fully saturated rings. The van der Waals surface area contributed by atoms with E-state index in [1.54, 1.807) is 30.7 Å². The highest BCUT2D eigenvalue weighted by atomic mass is 19.3. The number of halogens is 3. The summed E-state index contributed by atoms with van der Waals surface area (Å²) in [6, 6.07) is 5.91. The molecular weight excluding hydrogens is 413 g/mol. The second-order valence-electron chi connectivity index (χ2n) is 7.52. The van der Waals surface area contributed by atoms with Crippen LogP contribution < -0.4 is 4.74 Å². The summed E-state index contributed by atoms with van der Waals surface area (Å²) < 4.78 is 49.4. The third-order valence-corrected chi connectivity index (χ3v) is 5.13. The first-order valence-corrected chi connectivity index (χ1v) is 9.46. The fraction of sp³-hybridized carbons (Fsp3) is 0.286. The summed E-state index contributed by atoms with van der Waals surface area (Å²) >= 11 is 0. The number of aromatic amines is 1. The van der Waals surface area contributed by atoms with Crippen molar-refractivity contribution in [3.8, 4) is 11.4 Å². The Kier molecular flexibility index (Phi) is 4.87. The Bertz CT molecular complexity index is 1310. The normalized spacial score (nSPS) is 12.2. The molecule has 3 heterocycles. The molecule has 0 unspecified atom stereocenters. The van der Waals surface area contributed by atoms with Gasteiger partial charge in [-0.2, -0.15) is 13.9 Å². The molecule has 162 valence electrons. The summed E-state index contributed by atoms with van der Waals surface area (Å²) in [4.78, 5) is 15.6. The van der Waals surface area contributed by atoms with Crippen LogP contribution in [-0.2, 0) is 11.2 Å². The molecule has 0 aliphatic rings. The van der Waals surface area contributed by atoms with Gasteiger partial charge < -0.3 is 14.4 Å². The third kappa shape index (κ3) is 3.37. The van der Waals surface area contributed by atoms with Crippen LogP contribution in [0.5, 0.6) is 5.75 Å². The van der Waals surface area contributed by atoms with Gasteiger partial charge >= 0.3 is 11.9 Å². The highest BCUT2D eigenvalue weighted by Crippen LogP contribution is 2.38. The van der Waals surface area contributed by atoms with Crippen LogP contribution in [0.1, 0.15) is 31.0 Å². The van der Waals surface area contributed by atoms with E-state index >= 15 is 0 Å². The Hall–Kier alpha value is -3.56. The van der Waals surface area contributed by atoms with Crippen molar-refractivity contribution >= 4 is 28.0 Å². The lowest BCUT2D eigenvalue weighted by molar-refractivity contribution is -0.164. The monoisotopic (exact) mass is 432 g/mol. The number of ether oxygens (including phenoxy) is 1. The molecule has 3 aromatic heterocycles. The number of aromatic nitrogens is 4. The summed E-state index contributed by atoms with van der Waals surface area (Å²) in [6.45, 7) is 3.61. The van der Waals surface area contributed by atoms with Crippen LogP contribution in [0.4, 0.5) is 13.2 Å². The van der Waals surface area contributed by atoms with Crippen LogP contribution in [0.3, 0.4) is 0 Å². The fourth-order valence-electron chi connectivity index (χ4n) is 3.79. The molecule has 0 bridgehead atoms. The molecular formula is C21H19F3N4O3. The molecule has 0 aliphatic heterocycles. The predicted octanol–water partition coefficient (Wildman–Crippen LogP) is 4.44. The smallest absolute Gasteiger partial charge is 0.374 e. The third-order valence-electron chi connectivity index (χ3n) is 5.13. The quantitative estimate of drug-likeness (QED) is 0.470. The zero-order chi connectivity index (χ0) is 22.5. The zero-order valence-corrected chi connectivity index (χ0v) is 16.9. The number of hydrogen-bond acceptors (Lipinski definition) is 4. The first-order chi connectivity index (χ1) is 14.6. The lowest BCUT2D eigenvalue weighted by Gasteiger charge is -2.17. The maximum absolute atomic E-state index is 14.3. The van der Waals surface area contributed by atoms with Gasteiger partial charge in [-0.25, -0.2) is 14.2 Å². The van der Waals surface area contributed by atoms with Gasteiger partial charge in [-0.15, -0.1) is 0 Å². The van der Waals surface area contributed by atoms with E-state index in [0.29, 0.717) is 27.9 Å². The summed E-state index contributed by atoms with van der Waals surface area (Å²) in [7, 11) is 1.33. The van der Waals surface area contributed by atoms with Crippen molar-refractivity contribution in [1.29, 1.82) is 0 Å². The molecule has 0 atom stereocenters. The lowest BCUT2D eigenvalue weighted by atomic mass is 9.99. The number of nitrogens with one attached hydrogen (secondary N) is 1. The van der Waals surface area contributed by atoms with Gasteiger partial charge in [0, 0.05) is 28.4 Å². The number of fused-ring (bicyclic) bond motifs is 2. The number of methoxy groups -OCH3 is 1. The molecule has 4 aromatic rings. The van der Waals surface area contributed by atoms with Gasteiger partial charge in [0.15, 0.2) is 17.2 Å². The molecule has 0 aliphatic carbocycles. The number of pyridine rings is 1. The van der Waals surface area contributed by atoms with Gasteiger partial charge in [-0.3, -0.25) is 5.10 Å². The van der Waals surface area contributed by atoms with Crippen molar-refractivity contribution in [2.75, 3.05) is 7.11 Å². The van der Waals surface area contributed by atoms with Crippen LogP contribution in [0, 0.1) is 5.82 Å². The average Bonchev–Trinajstić information content (AvgIpc) is 3.28. The van der Waals surface area contributed by atoms with E-state index in [4.69, 9.17) is 9.84 Å². The van der Waals surface area contributed by atoms with Crippen LogP contribution in [0.25, 0.3) is 27.8 Å². The molecule has 2 N–H and O–H groups in total. The number of alkyl halides is 2. The largest absolute Gasteiger partial charge is 0.494 e. The van der Waals surface area contributed by atoms with Crippen LogP contribution >= 0.6 is 0 Å². The van der Waals surface area contributed by atoms with Crippen molar-refractivity contribution in [2.24, 2.45) is 0 Å². The van der Waals surface area contributed by atoms with Crippen molar-refractivity contribution in [2.45, 2.75) is 32.1 Å². The van der Waals surface area contributed by atoms with Gasteiger partial charge in [0.1, 0.15) is 0 Å².